The molecule has 1 unspecified atom stereocenters. The number of hydrogen-bond donors (Lipinski definition) is 1. The summed E-state index contributed by atoms with van der Waals surface area (Å²) in [7, 11) is 0. The van der Waals surface area contributed by atoms with Crippen LogP contribution in [0.25, 0.3) is 0 Å². The van der Waals surface area contributed by atoms with E-state index in [1.807, 2.05) is 12.1 Å². The van der Waals surface area contributed by atoms with E-state index in [4.69, 9.17) is 11.6 Å². The third kappa shape index (κ3) is 3.86. The molecule has 0 aliphatic carbocycles. The van der Waals surface area contributed by atoms with E-state index >= 15 is 0 Å². The monoisotopic (exact) mass is 239 g/mol. The van der Waals surface area contributed by atoms with Crippen molar-refractivity contribution in [3.05, 3.63) is 28.8 Å². The summed E-state index contributed by atoms with van der Waals surface area (Å²) in [6, 6.07) is 5.57. The van der Waals surface area contributed by atoms with E-state index in [0.717, 1.165) is 29.1 Å². The third-order valence-corrected chi connectivity index (χ3v) is 3.12. The molecule has 0 radical (unpaired) electrons. The van der Waals surface area contributed by atoms with Gasteiger partial charge in [-0.2, -0.15) is 0 Å². The SMILES string of the molecule is CCC(C)CCc1cc(Cl)ccc1NC=O. The van der Waals surface area contributed by atoms with Gasteiger partial charge in [0.15, 0.2) is 0 Å². The molecule has 0 spiro atoms. The Labute approximate surface area is 102 Å². The number of aryl methyl sites for hydroxylation is 1. The Morgan fingerprint density at radius 2 is 2.25 bits per heavy atom. The molecule has 1 aromatic carbocycles. The first-order chi connectivity index (χ1) is 7.67. The smallest absolute Gasteiger partial charge is 0.211 e. The Kier molecular flexibility index (Phi) is 5.33. The highest BCUT2D eigenvalue weighted by molar-refractivity contribution is 6.30. The van der Waals surface area contributed by atoms with Crippen LogP contribution in [0.15, 0.2) is 18.2 Å². The Morgan fingerprint density at radius 1 is 1.50 bits per heavy atom. The van der Waals surface area contributed by atoms with Gasteiger partial charge < -0.3 is 5.32 Å². The maximum absolute atomic E-state index is 10.5. The molecule has 0 saturated carbocycles. The van der Waals surface area contributed by atoms with Crippen molar-refractivity contribution in [2.24, 2.45) is 5.92 Å². The number of halogens is 1. The van der Waals surface area contributed by atoms with E-state index in [2.05, 4.69) is 19.2 Å². The van der Waals surface area contributed by atoms with E-state index in [9.17, 15) is 4.79 Å². The summed E-state index contributed by atoms with van der Waals surface area (Å²) in [4.78, 5) is 10.5. The van der Waals surface area contributed by atoms with Crippen molar-refractivity contribution in [3.8, 4) is 0 Å². The highest BCUT2D eigenvalue weighted by Crippen LogP contribution is 2.23. The Balaban J connectivity index is 2.75. The zero-order valence-electron chi connectivity index (χ0n) is 9.79. The van der Waals surface area contributed by atoms with Crippen LogP contribution in [0.1, 0.15) is 32.3 Å². The number of nitrogens with one attached hydrogen (secondary N) is 1. The third-order valence-electron chi connectivity index (χ3n) is 2.89. The van der Waals surface area contributed by atoms with Crippen molar-refractivity contribution in [1.82, 2.24) is 0 Å². The highest BCUT2D eigenvalue weighted by Gasteiger charge is 2.05. The predicted molar refractivity (Wildman–Crippen MR) is 68.9 cm³/mol. The van der Waals surface area contributed by atoms with E-state index in [1.165, 1.54) is 6.42 Å². The summed E-state index contributed by atoms with van der Waals surface area (Å²) in [5.41, 5.74) is 1.97. The summed E-state index contributed by atoms with van der Waals surface area (Å²) < 4.78 is 0. The molecule has 3 heteroatoms. The molecule has 88 valence electrons. The molecule has 0 saturated heterocycles. The van der Waals surface area contributed by atoms with Crippen LogP contribution >= 0.6 is 11.6 Å². The Bertz CT molecular complexity index is 352. The van der Waals surface area contributed by atoms with Gasteiger partial charge in [-0.25, -0.2) is 0 Å². The van der Waals surface area contributed by atoms with Crippen LogP contribution in [0, 0.1) is 5.92 Å². The average molecular weight is 240 g/mol. The van der Waals surface area contributed by atoms with Crippen LogP contribution in [0.5, 0.6) is 0 Å². The molecule has 1 rings (SSSR count). The summed E-state index contributed by atoms with van der Waals surface area (Å²) in [6.45, 7) is 4.42. The molecule has 16 heavy (non-hydrogen) atoms. The predicted octanol–water partition coefficient (Wildman–Crippen LogP) is 3.89. The lowest BCUT2D eigenvalue weighted by Crippen LogP contribution is -2.01. The zero-order chi connectivity index (χ0) is 12.0. The normalized spacial score (nSPS) is 12.2. The minimum absolute atomic E-state index is 0.697. The number of carbonyl (C=O) groups excluding carboxylic acids is 1. The van der Waals surface area contributed by atoms with Gasteiger partial charge in [-0.05, 0) is 42.5 Å². The molecule has 1 atom stereocenters. The van der Waals surface area contributed by atoms with E-state index in [0.29, 0.717) is 12.3 Å². The standard InChI is InChI=1S/C13H18ClNO/c1-3-10(2)4-5-11-8-12(14)6-7-13(11)15-9-16/h6-10H,3-5H2,1-2H3,(H,15,16). The van der Waals surface area contributed by atoms with Crippen molar-refractivity contribution in [3.63, 3.8) is 0 Å². The van der Waals surface area contributed by atoms with Gasteiger partial charge in [0.25, 0.3) is 0 Å². The average Bonchev–Trinajstić information content (AvgIpc) is 2.29. The highest BCUT2D eigenvalue weighted by atomic mass is 35.5. The van der Waals surface area contributed by atoms with Crippen molar-refractivity contribution in [2.75, 3.05) is 5.32 Å². The first-order valence-corrected chi connectivity index (χ1v) is 6.03. The summed E-state index contributed by atoms with van der Waals surface area (Å²) in [5.74, 6) is 0.697. The van der Waals surface area contributed by atoms with Crippen LogP contribution in [0.3, 0.4) is 0 Å². The molecular formula is C13H18ClNO. The van der Waals surface area contributed by atoms with Gasteiger partial charge in [-0.3, -0.25) is 4.79 Å². The van der Waals surface area contributed by atoms with Crippen LogP contribution in [-0.2, 0) is 11.2 Å². The lowest BCUT2D eigenvalue weighted by Gasteiger charge is -2.11. The number of carbonyl (C=O) groups is 1. The Hall–Kier alpha value is -1.02. The second kappa shape index (κ2) is 6.54. The fourth-order valence-electron chi connectivity index (χ4n) is 1.58. The van der Waals surface area contributed by atoms with Crippen molar-refractivity contribution < 1.29 is 4.79 Å². The number of hydrogen-bond acceptors (Lipinski definition) is 1. The van der Waals surface area contributed by atoms with Crippen LogP contribution in [0.4, 0.5) is 5.69 Å². The Morgan fingerprint density at radius 3 is 2.88 bits per heavy atom. The zero-order valence-corrected chi connectivity index (χ0v) is 10.6. The molecule has 0 aromatic heterocycles. The van der Waals surface area contributed by atoms with Gasteiger partial charge in [-0.15, -0.1) is 0 Å². The maximum Gasteiger partial charge on any atom is 0.211 e. The summed E-state index contributed by atoms with van der Waals surface area (Å²) in [6.07, 6.45) is 3.95. The lowest BCUT2D eigenvalue weighted by atomic mass is 9.98. The van der Waals surface area contributed by atoms with Gasteiger partial charge in [-0.1, -0.05) is 31.9 Å². The molecule has 1 aromatic rings. The number of anilines is 1. The van der Waals surface area contributed by atoms with Gasteiger partial charge in [0.05, 0.1) is 0 Å². The van der Waals surface area contributed by atoms with Gasteiger partial charge >= 0.3 is 0 Å². The first kappa shape index (κ1) is 13.0. The minimum Gasteiger partial charge on any atom is -0.328 e. The van der Waals surface area contributed by atoms with Crippen LogP contribution in [-0.4, -0.2) is 6.41 Å². The van der Waals surface area contributed by atoms with Gasteiger partial charge in [0.2, 0.25) is 6.41 Å². The molecule has 1 amide bonds. The quantitative estimate of drug-likeness (QED) is 0.750. The summed E-state index contributed by atoms with van der Waals surface area (Å²) >= 11 is 5.95. The van der Waals surface area contributed by atoms with E-state index in [1.54, 1.807) is 6.07 Å². The molecule has 0 aliphatic rings. The molecule has 0 fully saturated rings. The fourth-order valence-corrected chi connectivity index (χ4v) is 1.77. The second-order valence-corrected chi connectivity index (χ2v) is 4.55. The van der Waals surface area contributed by atoms with Gasteiger partial charge in [0.1, 0.15) is 0 Å². The molecule has 2 nitrogen and oxygen atoms in total. The molecule has 1 N–H and O–H groups in total. The number of rotatable bonds is 6. The first-order valence-electron chi connectivity index (χ1n) is 5.66. The van der Waals surface area contributed by atoms with Crippen molar-refractivity contribution >= 4 is 23.7 Å². The minimum atomic E-state index is 0.697. The summed E-state index contributed by atoms with van der Waals surface area (Å²) in [5, 5.41) is 3.42. The maximum atomic E-state index is 10.5. The van der Waals surface area contributed by atoms with Crippen molar-refractivity contribution in [1.29, 1.82) is 0 Å². The van der Waals surface area contributed by atoms with Crippen LogP contribution < -0.4 is 5.32 Å². The number of amides is 1. The van der Waals surface area contributed by atoms with E-state index < -0.39 is 0 Å². The lowest BCUT2D eigenvalue weighted by molar-refractivity contribution is -0.105. The second-order valence-electron chi connectivity index (χ2n) is 4.12. The molecule has 0 bridgehead atoms. The van der Waals surface area contributed by atoms with E-state index in [-0.39, 0.29) is 0 Å². The molecular weight excluding hydrogens is 222 g/mol. The fraction of sp³-hybridized carbons (Fsp3) is 0.462. The van der Waals surface area contributed by atoms with Crippen molar-refractivity contribution in [2.45, 2.75) is 33.1 Å². The van der Waals surface area contributed by atoms with Crippen LogP contribution in [0.2, 0.25) is 5.02 Å². The largest absolute Gasteiger partial charge is 0.328 e. The molecule has 0 aliphatic heterocycles. The number of benzene rings is 1. The van der Waals surface area contributed by atoms with Gasteiger partial charge in [0, 0.05) is 10.7 Å². The topological polar surface area (TPSA) is 29.1 Å². The molecule has 0 heterocycles.